The number of aromatic nitrogens is 2. The number of nitrogens with zero attached hydrogens (tertiary/aromatic N) is 4. The van der Waals surface area contributed by atoms with E-state index in [1.807, 2.05) is 6.07 Å². The Balaban J connectivity index is 1.25. The number of amides is 2. The molecule has 1 aromatic carbocycles. The van der Waals surface area contributed by atoms with Gasteiger partial charge in [0.15, 0.2) is 5.82 Å². The third kappa shape index (κ3) is 4.67. The number of hydrogen-bond donors (Lipinski definition) is 2. The summed E-state index contributed by atoms with van der Waals surface area (Å²) in [5.74, 6) is -2.77. The molecule has 1 fully saturated rings. The largest absolute Gasteiger partial charge is 0.396 e. The first kappa shape index (κ1) is 22.1. The molecule has 3 N–H and O–H groups in total. The summed E-state index contributed by atoms with van der Waals surface area (Å²) in [6.45, 7) is 1.17. The van der Waals surface area contributed by atoms with Crippen LogP contribution in [0, 0.1) is 5.82 Å². The molecule has 2 aliphatic rings. The van der Waals surface area contributed by atoms with Crippen molar-refractivity contribution in [2.45, 2.75) is 32.0 Å². The first-order valence-corrected chi connectivity index (χ1v) is 10.9. The van der Waals surface area contributed by atoms with Crippen molar-refractivity contribution < 1.29 is 18.0 Å². The Hall–Kier alpha value is -3.66. The van der Waals surface area contributed by atoms with Crippen LogP contribution in [-0.4, -0.2) is 44.8 Å². The van der Waals surface area contributed by atoms with Gasteiger partial charge in [-0.2, -0.15) is 0 Å². The van der Waals surface area contributed by atoms with Crippen molar-refractivity contribution >= 4 is 17.5 Å². The molecule has 0 aliphatic carbocycles. The van der Waals surface area contributed by atoms with Crippen LogP contribution >= 0.6 is 0 Å². The summed E-state index contributed by atoms with van der Waals surface area (Å²) >= 11 is 0. The number of nitrogen functional groups attached to an aromatic ring is 1. The van der Waals surface area contributed by atoms with Gasteiger partial charge in [-0.25, -0.2) is 22.9 Å². The summed E-state index contributed by atoms with van der Waals surface area (Å²) in [5.41, 5.74) is 10.1. The zero-order valence-corrected chi connectivity index (χ0v) is 18.3. The van der Waals surface area contributed by atoms with Gasteiger partial charge in [0.25, 0.3) is 5.92 Å². The number of likely N-dealkylation sites (tertiary alicyclic amines) is 1. The van der Waals surface area contributed by atoms with E-state index in [0.29, 0.717) is 43.1 Å². The Morgan fingerprint density at radius 2 is 1.94 bits per heavy atom. The van der Waals surface area contributed by atoms with Gasteiger partial charge in [-0.1, -0.05) is 0 Å². The molecule has 0 atom stereocenters. The number of hydrogen-bond acceptors (Lipinski definition) is 5. The monoisotopic (exact) mass is 468 g/mol. The quantitative estimate of drug-likeness (QED) is 0.598. The molecule has 10 heteroatoms. The van der Waals surface area contributed by atoms with Gasteiger partial charge in [0.2, 0.25) is 0 Å². The summed E-state index contributed by atoms with van der Waals surface area (Å²) in [7, 11) is 0. The fourth-order valence-electron chi connectivity index (χ4n) is 4.27. The summed E-state index contributed by atoms with van der Waals surface area (Å²) in [4.78, 5) is 25.1. The van der Waals surface area contributed by atoms with Gasteiger partial charge in [0.1, 0.15) is 5.82 Å². The number of alkyl halides is 2. The summed E-state index contributed by atoms with van der Waals surface area (Å²) in [5, 5.41) is 2.75. The van der Waals surface area contributed by atoms with Crippen LogP contribution in [-0.2, 0) is 19.6 Å². The number of anilines is 2. The first-order valence-electron chi connectivity index (χ1n) is 10.9. The lowest BCUT2D eigenvalue weighted by Gasteiger charge is -2.17. The lowest BCUT2D eigenvalue weighted by molar-refractivity contribution is 0.0115. The second-order valence-electron chi connectivity index (χ2n) is 8.69. The molecule has 2 aromatic heterocycles. The second-order valence-corrected chi connectivity index (χ2v) is 8.69. The number of pyridine rings is 2. The van der Waals surface area contributed by atoms with E-state index in [-0.39, 0.29) is 30.6 Å². The Labute approximate surface area is 194 Å². The zero-order valence-electron chi connectivity index (χ0n) is 18.3. The van der Waals surface area contributed by atoms with Crippen LogP contribution in [0.25, 0.3) is 11.3 Å². The van der Waals surface area contributed by atoms with Crippen LogP contribution < -0.4 is 11.1 Å². The van der Waals surface area contributed by atoms with Crippen LogP contribution in [0.3, 0.4) is 0 Å². The van der Waals surface area contributed by atoms with Crippen molar-refractivity contribution in [3.63, 3.8) is 0 Å². The number of fused-ring (bicyclic) bond motifs is 1. The van der Waals surface area contributed by atoms with Crippen LogP contribution in [0.2, 0.25) is 0 Å². The lowest BCUT2D eigenvalue weighted by atomic mass is 10.1. The van der Waals surface area contributed by atoms with E-state index >= 15 is 0 Å². The van der Waals surface area contributed by atoms with Crippen molar-refractivity contribution in [2.75, 3.05) is 24.1 Å². The Bertz CT molecular complexity index is 1230. The van der Waals surface area contributed by atoms with E-state index in [9.17, 15) is 18.0 Å². The van der Waals surface area contributed by atoms with E-state index in [1.165, 1.54) is 12.1 Å². The minimum Gasteiger partial charge on any atom is -0.396 e. The Kier molecular flexibility index (Phi) is 5.60. The molecule has 4 heterocycles. The number of benzene rings is 1. The topological polar surface area (TPSA) is 87.4 Å². The molecule has 7 nitrogen and oxygen atoms in total. The summed E-state index contributed by atoms with van der Waals surface area (Å²) in [6, 6.07) is 10.8. The minimum atomic E-state index is -2.64. The number of rotatable bonds is 4. The highest BCUT2D eigenvalue weighted by molar-refractivity contribution is 5.92. The highest BCUT2D eigenvalue weighted by atomic mass is 19.3. The number of nitrogens with two attached hydrogens (primary N) is 1. The van der Waals surface area contributed by atoms with E-state index < -0.39 is 5.92 Å². The van der Waals surface area contributed by atoms with Gasteiger partial charge < -0.3 is 10.6 Å². The van der Waals surface area contributed by atoms with E-state index in [4.69, 9.17) is 5.73 Å². The Morgan fingerprint density at radius 3 is 2.68 bits per heavy atom. The molecule has 2 amide bonds. The fourth-order valence-corrected chi connectivity index (χ4v) is 4.27. The predicted molar refractivity (Wildman–Crippen MR) is 121 cm³/mol. The van der Waals surface area contributed by atoms with E-state index in [0.717, 1.165) is 16.8 Å². The lowest BCUT2D eigenvalue weighted by Crippen LogP contribution is -2.31. The maximum Gasteiger partial charge on any atom is 0.323 e. The van der Waals surface area contributed by atoms with Gasteiger partial charge in [-0.3, -0.25) is 15.2 Å². The van der Waals surface area contributed by atoms with Crippen LogP contribution in [0.1, 0.15) is 23.2 Å². The van der Waals surface area contributed by atoms with E-state index in [1.54, 1.807) is 40.3 Å². The van der Waals surface area contributed by atoms with Crippen molar-refractivity contribution in [2.24, 2.45) is 0 Å². The molecule has 0 bridgehead atoms. The first-order chi connectivity index (χ1) is 16.3. The molecule has 5 rings (SSSR count). The van der Waals surface area contributed by atoms with Gasteiger partial charge in [-0.15, -0.1) is 0 Å². The highest BCUT2D eigenvalue weighted by Gasteiger charge is 2.38. The third-order valence-electron chi connectivity index (χ3n) is 6.05. The van der Waals surface area contributed by atoms with Crippen LogP contribution in [0.15, 0.2) is 48.7 Å². The standard InChI is InChI=1S/C24H23F3N6O/c25-18-3-1-16(2-4-18)20-6-5-19(28)22(30-20)31-23(34)33-12-17-9-15(10-29-21(17)13-33)11-32-8-7-24(26,27)14-32/h1-6,9-10H,7-8,11-14,28H2,(H,30,31,34). The average molecular weight is 468 g/mol. The highest BCUT2D eigenvalue weighted by Crippen LogP contribution is 2.29. The number of urea groups is 1. The maximum atomic E-state index is 13.5. The summed E-state index contributed by atoms with van der Waals surface area (Å²) < 4.78 is 40.1. The summed E-state index contributed by atoms with van der Waals surface area (Å²) in [6.07, 6.45) is 1.56. The second kappa shape index (κ2) is 8.60. The molecular formula is C24H23F3N6O. The number of carbonyl (C=O) groups is 1. The Morgan fingerprint density at radius 1 is 1.15 bits per heavy atom. The molecule has 176 valence electrons. The van der Waals surface area contributed by atoms with Gasteiger partial charge >= 0.3 is 6.03 Å². The predicted octanol–water partition coefficient (Wildman–Crippen LogP) is 4.25. The fraction of sp³-hybridized carbons (Fsp3) is 0.292. The third-order valence-corrected chi connectivity index (χ3v) is 6.05. The van der Waals surface area contributed by atoms with Crippen LogP contribution in [0.4, 0.5) is 29.5 Å². The molecule has 0 radical (unpaired) electrons. The molecule has 3 aromatic rings. The molecule has 1 saturated heterocycles. The average Bonchev–Trinajstić information content (AvgIpc) is 3.38. The molecule has 34 heavy (non-hydrogen) atoms. The SMILES string of the molecule is Nc1ccc(-c2ccc(F)cc2)nc1NC(=O)N1Cc2cc(CN3CCC(F)(F)C3)cnc2C1. The van der Waals surface area contributed by atoms with Crippen molar-refractivity contribution in [1.29, 1.82) is 0 Å². The van der Waals surface area contributed by atoms with Crippen molar-refractivity contribution in [3.8, 4) is 11.3 Å². The van der Waals surface area contributed by atoms with Crippen molar-refractivity contribution in [3.05, 3.63) is 71.3 Å². The number of halogens is 3. The number of nitrogens with one attached hydrogen (secondary N) is 1. The smallest absolute Gasteiger partial charge is 0.323 e. The number of carbonyl (C=O) groups excluding carboxylic acids is 1. The van der Waals surface area contributed by atoms with E-state index in [2.05, 4.69) is 15.3 Å². The van der Waals surface area contributed by atoms with Gasteiger partial charge in [0, 0.05) is 37.8 Å². The molecule has 0 unspecified atom stereocenters. The molecular weight excluding hydrogens is 445 g/mol. The minimum absolute atomic E-state index is 0.126. The van der Waals surface area contributed by atoms with Gasteiger partial charge in [-0.05, 0) is 53.6 Å². The molecule has 0 spiro atoms. The van der Waals surface area contributed by atoms with Crippen LogP contribution in [0.5, 0.6) is 0 Å². The van der Waals surface area contributed by atoms with Gasteiger partial charge in [0.05, 0.1) is 30.2 Å². The molecule has 0 saturated carbocycles. The zero-order chi connectivity index (χ0) is 23.9. The normalized spacial score (nSPS) is 17.1. The maximum absolute atomic E-state index is 13.5. The molecule has 2 aliphatic heterocycles. The van der Waals surface area contributed by atoms with Crippen molar-refractivity contribution in [1.82, 2.24) is 19.8 Å².